The lowest BCUT2D eigenvalue weighted by Crippen LogP contribution is -2.63. The molecule has 1 fully saturated rings. The molecule has 9 nitrogen and oxygen atoms in total. The molecule has 0 aromatic heterocycles. The van der Waals surface area contributed by atoms with Crippen molar-refractivity contribution >= 4 is 35.0 Å². The number of carbonyl (C=O) groups is 2. The van der Waals surface area contributed by atoms with E-state index in [4.69, 9.17) is 14.6 Å². The highest BCUT2D eigenvalue weighted by atomic mass is 32.2. The van der Waals surface area contributed by atoms with Gasteiger partial charge in [-0.1, -0.05) is 0 Å². The average molecular weight is 412 g/mol. The van der Waals surface area contributed by atoms with Crippen LogP contribution in [0.2, 0.25) is 0 Å². The first-order valence-electron chi connectivity index (χ1n) is 8.12. The number of rotatable bonds is 2. The van der Waals surface area contributed by atoms with Gasteiger partial charge >= 0.3 is 22.4 Å². The van der Waals surface area contributed by atoms with Gasteiger partial charge in [-0.25, -0.2) is 14.7 Å². The molecule has 2 amide bonds. The van der Waals surface area contributed by atoms with Crippen LogP contribution >= 0.6 is 12.6 Å². The zero-order valence-electron chi connectivity index (χ0n) is 16.3. The van der Waals surface area contributed by atoms with Crippen LogP contribution in [-0.4, -0.2) is 58.5 Å². The van der Waals surface area contributed by atoms with Gasteiger partial charge in [-0.3, -0.25) is 4.90 Å². The summed E-state index contributed by atoms with van der Waals surface area (Å²) in [7, 11) is -4.54. The summed E-state index contributed by atoms with van der Waals surface area (Å²) in [5.74, 6) is 0. The fraction of sp³-hybridized carbons (Fsp3) is 0.867. The fourth-order valence-corrected chi connectivity index (χ4v) is 4.16. The summed E-state index contributed by atoms with van der Waals surface area (Å²) in [5, 5.41) is 4.92. The smallest absolute Gasteiger partial charge is 0.427 e. The van der Waals surface area contributed by atoms with Crippen molar-refractivity contribution < 1.29 is 27.5 Å². The van der Waals surface area contributed by atoms with Gasteiger partial charge in [0.2, 0.25) is 0 Å². The third-order valence-electron chi connectivity index (χ3n) is 3.46. The van der Waals surface area contributed by atoms with Gasteiger partial charge in [0.1, 0.15) is 16.9 Å². The van der Waals surface area contributed by atoms with Gasteiger partial charge in [0, 0.05) is 18.2 Å². The van der Waals surface area contributed by atoms with Crippen molar-refractivity contribution in [1.29, 1.82) is 0 Å². The molecule has 0 saturated carbocycles. The molecule has 0 unspecified atom stereocenters. The molecule has 1 aliphatic rings. The van der Waals surface area contributed by atoms with E-state index in [0.29, 0.717) is 4.31 Å². The predicted molar refractivity (Wildman–Crippen MR) is 99.9 cm³/mol. The number of nitrogens with two attached hydrogens (primary N) is 1. The second-order valence-electron chi connectivity index (χ2n) is 8.46. The Labute approximate surface area is 160 Å². The molecule has 2 atom stereocenters. The van der Waals surface area contributed by atoms with E-state index in [9.17, 15) is 18.0 Å². The lowest BCUT2D eigenvalue weighted by atomic mass is 10.1. The quantitative estimate of drug-likeness (QED) is 0.672. The lowest BCUT2D eigenvalue weighted by Gasteiger charge is -2.42. The highest BCUT2D eigenvalue weighted by molar-refractivity contribution is 7.87. The van der Waals surface area contributed by atoms with Crippen LogP contribution in [-0.2, 0) is 19.7 Å². The van der Waals surface area contributed by atoms with Crippen molar-refractivity contribution in [1.82, 2.24) is 9.21 Å². The van der Waals surface area contributed by atoms with Crippen molar-refractivity contribution in [3.63, 3.8) is 0 Å². The van der Waals surface area contributed by atoms with E-state index in [1.54, 1.807) is 41.5 Å². The van der Waals surface area contributed by atoms with Crippen molar-refractivity contribution in [2.45, 2.75) is 77.0 Å². The second kappa shape index (κ2) is 7.08. The Bertz CT molecular complexity index is 668. The molecule has 11 heteroatoms. The van der Waals surface area contributed by atoms with Gasteiger partial charge in [0.05, 0.1) is 0 Å². The molecule has 0 aromatic rings. The Balaban J connectivity index is 3.36. The maximum atomic E-state index is 12.6. The van der Waals surface area contributed by atoms with Crippen LogP contribution in [0, 0.1) is 0 Å². The summed E-state index contributed by atoms with van der Waals surface area (Å²) in [4.78, 5) is 26.4. The van der Waals surface area contributed by atoms with Gasteiger partial charge in [0.25, 0.3) is 0 Å². The Morgan fingerprint density at radius 3 is 2.00 bits per heavy atom. The summed E-state index contributed by atoms with van der Waals surface area (Å²) in [6, 6.07) is 0. The number of hydrogen-bond donors (Lipinski definition) is 2. The summed E-state index contributed by atoms with van der Waals surface area (Å²) in [6.07, 6.45) is -1.86. The Morgan fingerprint density at radius 1 is 1.15 bits per heavy atom. The predicted octanol–water partition coefficient (Wildman–Crippen LogP) is 2.08. The monoisotopic (exact) mass is 411 g/mol. The molecule has 0 spiro atoms. The molecule has 26 heavy (non-hydrogen) atoms. The molecular formula is C15H29N3O6S2. The molecule has 0 aliphatic carbocycles. The molecule has 1 heterocycles. The lowest BCUT2D eigenvalue weighted by molar-refractivity contribution is -0.0244. The maximum Gasteiger partial charge on any atom is 0.427 e. The number of ether oxygens (including phenoxy) is 2. The third kappa shape index (κ3) is 5.65. The van der Waals surface area contributed by atoms with E-state index in [1.807, 2.05) is 0 Å². The number of nitrogens with zero attached hydrogens (tertiary/aromatic N) is 2. The third-order valence-corrected chi connectivity index (χ3v) is 4.86. The first-order valence-corrected chi connectivity index (χ1v) is 10.1. The van der Waals surface area contributed by atoms with Crippen LogP contribution < -0.4 is 5.14 Å². The molecule has 1 aliphatic heterocycles. The van der Waals surface area contributed by atoms with Gasteiger partial charge in [-0.15, -0.1) is 0 Å². The van der Waals surface area contributed by atoms with Crippen molar-refractivity contribution in [2.24, 2.45) is 5.14 Å². The topological polar surface area (TPSA) is 119 Å². The zero-order chi connectivity index (χ0) is 20.7. The molecule has 1 saturated heterocycles. The van der Waals surface area contributed by atoms with Gasteiger partial charge < -0.3 is 9.47 Å². The van der Waals surface area contributed by atoms with Gasteiger partial charge in [0.15, 0.2) is 0 Å². The Hall–Kier alpha value is -1.20. The van der Waals surface area contributed by atoms with Crippen LogP contribution in [0.3, 0.4) is 0 Å². The van der Waals surface area contributed by atoms with E-state index in [1.165, 1.54) is 6.92 Å². The first-order chi connectivity index (χ1) is 11.4. The molecule has 1 rings (SSSR count). The number of hydrogen-bond acceptors (Lipinski definition) is 7. The van der Waals surface area contributed by atoms with E-state index in [0.717, 1.165) is 4.90 Å². The Morgan fingerprint density at radius 2 is 1.62 bits per heavy atom. The van der Waals surface area contributed by atoms with Crippen LogP contribution in [0.15, 0.2) is 0 Å². The van der Waals surface area contributed by atoms with Gasteiger partial charge in [-0.05, 0) is 48.5 Å². The fourth-order valence-electron chi connectivity index (χ4n) is 2.69. The SMILES string of the molecule is CC(C)(C)OC(=O)N1C[C@H](S)C[C@]1(C)N(C(=O)OC(C)(C)C)S(N)(=O)=O. The minimum absolute atomic E-state index is 0.0744. The van der Waals surface area contributed by atoms with Gasteiger partial charge in [-0.2, -0.15) is 25.4 Å². The van der Waals surface area contributed by atoms with E-state index < -0.39 is 39.3 Å². The maximum absolute atomic E-state index is 12.6. The van der Waals surface area contributed by atoms with Crippen LogP contribution in [0.5, 0.6) is 0 Å². The average Bonchev–Trinajstić information content (AvgIpc) is 2.57. The van der Waals surface area contributed by atoms with Crippen LogP contribution in [0.25, 0.3) is 0 Å². The summed E-state index contributed by atoms with van der Waals surface area (Å²) in [6.45, 7) is 11.3. The minimum Gasteiger partial charge on any atom is -0.444 e. The number of thiol groups is 1. The number of carbonyl (C=O) groups excluding carboxylic acids is 2. The van der Waals surface area contributed by atoms with Crippen LogP contribution in [0.4, 0.5) is 9.59 Å². The zero-order valence-corrected chi connectivity index (χ0v) is 18.0. The number of amides is 2. The van der Waals surface area contributed by atoms with E-state index in [2.05, 4.69) is 12.6 Å². The standard InChI is InChI=1S/C15H29N3O6S2/c1-13(2,3)23-11(19)17-9-10(25)8-15(17,7)18(26(16,21)22)12(20)24-14(4,5)6/h10,25H,8-9H2,1-7H3,(H2,16,21,22)/t10-,15+/m1/s1. The molecule has 0 bridgehead atoms. The summed E-state index contributed by atoms with van der Waals surface area (Å²) >= 11 is 4.35. The molecular weight excluding hydrogens is 382 g/mol. The van der Waals surface area contributed by atoms with E-state index in [-0.39, 0.29) is 18.2 Å². The molecule has 152 valence electrons. The number of likely N-dealkylation sites (tertiary alicyclic amines) is 1. The highest BCUT2D eigenvalue weighted by Gasteiger charge is 2.55. The highest BCUT2D eigenvalue weighted by Crippen LogP contribution is 2.38. The van der Waals surface area contributed by atoms with E-state index >= 15 is 0 Å². The van der Waals surface area contributed by atoms with Crippen LogP contribution in [0.1, 0.15) is 54.9 Å². The largest absolute Gasteiger partial charge is 0.444 e. The second-order valence-corrected chi connectivity index (χ2v) is 10.6. The molecule has 2 N–H and O–H groups in total. The summed E-state index contributed by atoms with van der Waals surface area (Å²) in [5.41, 5.74) is -3.36. The normalized spacial score (nSPS) is 24.3. The first kappa shape index (κ1) is 22.8. The van der Waals surface area contributed by atoms with Crippen molar-refractivity contribution in [3.05, 3.63) is 0 Å². The van der Waals surface area contributed by atoms with Crippen molar-refractivity contribution in [3.8, 4) is 0 Å². The summed E-state index contributed by atoms with van der Waals surface area (Å²) < 4.78 is 35.4. The Kier molecular flexibility index (Phi) is 6.22. The van der Waals surface area contributed by atoms with Crippen molar-refractivity contribution in [2.75, 3.05) is 6.54 Å². The molecule has 0 radical (unpaired) electrons. The molecule has 0 aromatic carbocycles. The minimum atomic E-state index is -4.54.